The van der Waals surface area contributed by atoms with E-state index in [9.17, 15) is 19.2 Å². The summed E-state index contributed by atoms with van der Waals surface area (Å²) >= 11 is 11.7. The van der Waals surface area contributed by atoms with Gasteiger partial charge in [-0.05, 0) is 25.1 Å². The summed E-state index contributed by atoms with van der Waals surface area (Å²) in [5.41, 5.74) is 0.0143. The summed E-state index contributed by atoms with van der Waals surface area (Å²) in [6.07, 6.45) is 0. The Kier molecular flexibility index (Phi) is 3.78. The van der Waals surface area contributed by atoms with E-state index >= 15 is 0 Å². The summed E-state index contributed by atoms with van der Waals surface area (Å²) < 4.78 is 0. The first kappa shape index (κ1) is 14.5. The van der Waals surface area contributed by atoms with Gasteiger partial charge in [-0.2, -0.15) is 0 Å². The van der Waals surface area contributed by atoms with Crippen LogP contribution in [0.2, 0.25) is 10.0 Å². The Morgan fingerprint density at radius 3 is 2.50 bits per heavy atom. The largest absolute Gasteiger partial charge is 0.335 e. The van der Waals surface area contributed by atoms with Gasteiger partial charge in [-0.3, -0.25) is 19.7 Å². The predicted molar refractivity (Wildman–Crippen MR) is 71.7 cm³/mol. The maximum Gasteiger partial charge on any atom is 0.335 e. The van der Waals surface area contributed by atoms with E-state index in [4.69, 9.17) is 23.2 Å². The van der Waals surface area contributed by atoms with Crippen molar-refractivity contribution in [1.29, 1.82) is 0 Å². The normalized spacial score (nSPS) is 19.1. The van der Waals surface area contributed by atoms with Gasteiger partial charge in [0.25, 0.3) is 5.91 Å². The Morgan fingerprint density at radius 1 is 1.25 bits per heavy atom. The zero-order valence-electron chi connectivity index (χ0n) is 10.1. The average Bonchev–Trinajstić information content (AvgIpc) is 2.32. The van der Waals surface area contributed by atoms with Crippen LogP contribution in [-0.4, -0.2) is 23.6 Å². The zero-order chi connectivity index (χ0) is 15.0. The second-order valence-corrected chi connectivity index (χ2v) is 4.95. The summed E-state index contributed by atoms with van der Waals surface area (Å²) in [5.74, 6) is -4.12. The smallest absolute Gasteiger partial charge is 0.299 e. The van der Waals surface area contributed by atoms with Crippen LogP contribution < -0.4 is 10.2 Å². The van der Waals surface area contributed by atoms with Crippen LogP contribution in [0.15, 0.2) is 18.2 Å². The molecule has 1 aliphatic heterocycles. The van der Waals surface area contributed by atoms with Gasteiger partial charge in [-0.1, -0.05) is 23.2 Å². The van der Waals surface area contributed by atoms with Gasteiger partial charge in [-0.15, -0.1) is 0 Å². The number of hydrogen-bond donors (Lipinski definition) is 1. The van der Waals surface area contributed by atoms with E-state index in [1.165, 1.54) is 18.2 Å². The molecule has 1 aromatic carbocycles. The highest BCUT2D eigenvalue weighted by Crippen LogP contribution is 2.31. The fourth-order valence-corrected chi connectivity index (χ4v) is 2.19. The van der Waals surface area contributed by atoms with Crippen LogP contribution in [0.4, 0.5) is 10.5 Å². The van der Waals surface area contributed by atoms with Crippen molar-refractivity contribution in [2.45, 2.75) is 6.92 Å². The average molecular weight is 315 g/mol. The molecule has 1 aliphatic rings. The molecule has 4 amide bonds. The molecule has 0 bridgehead atoms. The number of barbiturate groups is 1. The summed E-state index contributed by atoms with van der Waals surface area (Å²) in [5, 5.41) is 2.28. The highest BCUT2D eigenvalue weighted by molar-refractivity contribution is 6.40. The van der Waals surface area contributed by atoms with E-state index in [-0.39, 0.29) is 15.7 Å². The fraction of sp³-hybridized carbons (Fsp3) is 0.167. The minimum absolute atomic E-state index is 0.0143. The van der Waals surface area contributed by atoms with Crippen molar-refractivity contribution < 1.29 is 19.2 Å². The van der Waals surface area contributed by atoms with Crippen LogP contribution in [-0.2, 0) is 14.4 Å². The molecule has 0 unspecified atom stereocenters. The van der Waals surface area contributed by atoms with Crippen LogP contribution in [0.5, 0.6) is 0 Å². The predicted octanol–water partition coefficient (Wildman–Crippen LogP) is 1.78. The quantitative estimate of drug-likeness (QED) is 0.843. The van der Waals surface area contributed by atoms with Crippen molar-refractivity contribution in [2.75, 3.05) is 4.90 Å². The fourth-order valence-electron chi connectivity index (χ4n) is 1.82. The molecule has 1 saturated heterocycles. The number of nitrogens with one attached hydrogen (secondary N) is 1. The number of halogens is 2. The number of urea groups is 1. The number of amides is 4. The first-order valence-electron chi connectivity index (χ1n) is 5.47. The molecule has 20 heavy (non-hydrogen) atoms. The zero-order valence-corrected chi connectivity index (χ0v) is 11.7. The Morgan fingerprint density at radius 2 is 1.90 bits per heavy atom. The molecule has 1 heterocycles. The molecule has 1 atom stereocenters. The van der Waals surface area contributed by atoms with E-state index in [2.05, 4.69) is 0 Å². The van der Waals surface area contributed by atoms with Crippen molar-refractivity contribution in [3.05, 3.63) is 28.2 Å². The van der Waals surface area contributed by atoms with Crippen LogP contribution in [0.1, 0.15) is 6.92 Å². The summed E-state index contributed by atoms with van der Waals surface area (Å²) in [4.78, 5) is 47.5. The van der Waals surface area contributed by atoms with E-state index in [0.717, 1.165) is 6.92 Å². The Labute approximate surface area is 123 Å². The summed E-state index contributed by atoms with van der Waals surface area (Å²) in [6, 6.07) is 3.21. The lowest BCUT2D eigenvalue weighted by Gasteiger charge is -2.29. The van der Waals surface area contributed by atoms with E-state index in [1.807, 2.05) is 5.32 Å². The molecule has 8 heteroatoms. The number of benzene rings is 1. The Bertz CT molecular complexity index is 644. The molecule has 6 nitrogen and oxygen atoms in total. The van der Waals surface area contributed by atoms with Gasteiger partial charge in [0.2, 0.25) is 5.91 Å². The van der Waals surface area contributed by atoms with Crippen molar-refractivity contribution >= 4 is 52.5 Å². The van der Waals surface area contributed by atoms with Crippen molar-refractivity contribution in [3.63, 3.8) is 0 Å². The third-order valence-electron chi connectivity index (χ3n) is 2.72. The summed E-state index contributed by atoms with van der Waals surface area (Å²) in [7, 11) is 0. The number of anilines is 1. The Hall–Kier alpha value is -1.92. The van der Waals surface area contributed by atoms with Gasteiger partial charge < -0.3 is 0 Å². The number of imide groups is 2. The number of nitrogens with zero attached hydrogens (tertiary/aromatic N) is 1. The van der Waals surface area contributed by atoms with E-state index in [0.29, 0.717) is 4.90 Å². The van der Waals surface area contributed by atoms with Gasteiger partial charge in [0.15, 0.2) is 11.7 Å². The molecular weight excluding hydrogens is 307 g/mol. The molecule has 0 spiro atoms. The summed E-state index contributed by atoms with van der Waals surface area (Å²) in [6.45, 7) is 1.09. The molecular formula is C12H8Cl2N2O4. The van der Waals surface area contributed by atoms with Crippen molar-refractivity contribution in [2.24, 2.45) is 5.92 Å². The number of hydrogen-bond acceptors (Lipinski definition) is 4. The van der Waals surface area contributed by atoms with Gasteiger partial charge in [0, 0.05) is 5.02 Å². The van der Waals surface area contributed by atoms with Crippen LogP contribution >= 0.6 is 23.2 Å². The van der Waals surface area contributed by atoms with Crippen LogP contribution in [0, 0.1) is 5.92 Å². The van der Waals surface area contributed by atoms with E-state index in [1.54, 1.807) is 0 Å². The maximum atomic E-state index is 12.2. The highest BCUT2D eigenvalue weighted by atomic mass is 35.5. The van der Waals surface area contributed by atoms with E-state index < -0.39 is 29.5 Å². The third kappa shape index (κ3) is 2.39. The maximum absolute atomic E-state index is 12.2. The Balaban J connectivity index is 2.52. The van der Waals surface area contributed by atoms with Crippen molar-refractivity contribution in [1.82, 2.24) is 5.32 Å². The minimum atomic E-state index is -1.57. The lowest BCUT2D eigenvalue weighted by molar-refractivity contribution is -0.140. The molecule has 1 fully saturated rings. The first-order valence-corrected chi connectivity index (χ1v) is 6.23. The first-order chi connectivity index (χ1) is 9.32. The molecule has 2 rings (SSSR count). The molecule has 1 N–H and O–H groups in total. The molecule has 0 radical (unpaired) electrons. The van der Waals surface area contributed by atoms with Crippen LogP contribution in [0.3, 0.4) is 0 Å². The molecule has 1 aromatic rings. The van der Waals surface area contributed by atoms with Gasteiger partial charge in [0.05, 0.1) is 10.7 Å². The SMILES string of the molecule is CC(=O)[C@@H]1C(=O)NC(=O)N(c2cc(Cl)ccc2Cl)C1=O. The molecule has 0 saturated carbocycles. The number of rotatable bonds is 2. The number of ketones is 1. The van der Waals surface area contributed by atoms with Gasteiger partial charge in [-0.25, -0.2) is 9.69 Å². The third-order valence-corrected chi connectivity index (χ3v) is 3.27. The van der Waals surface area contributed by atoms with Crippen molar-refractivity contribution in [3.8, 4) is 0 Å². The standard InChI is InChI=1S/C12H8Cl2N2O4/c1-5(17)9-10(18)15-12(20)16(11(9)19)8-4-6(13)2-3-7(8)14/h2-4,9H,1H3,(H,15,18,20)/t9-/m1/s1. The van der Waals surface area contributed by atoms with Gasteiger partial charge >= 0.3 is 6.03 Å². The molecule has 104 valence electrons. The minimum Gasteiger partial charge on any atom is -0.299 e. The number of carbonyl (C=O) groups excluding carboxylic acids is 4. The molecule has 0 aromatic heterocycles. The lowest BCUT2D eigenvalue weighted by atomic mass is 10.00. The number of carbonyl (C=O) groups is 4. The highest BCUT2D eigenvalue weighted by Gasteiger charge is 2.44. The second kappa shape index (κ2) is 5.22. The van der Waals surface area contributed by atoms with Gasteiger partial charge in [0.1, 0.15) is 0 Å². The topological polar surface area (TPSA) is 83.6 Å². The monoisotopic (exact) mass is 314 g/mol. The lowest BCUT2D eigenvalue weighted by Crippen LogP contribution is -2.60. The second-order valence-electron chi connectivity index (χ2n) is 4.11. The van der Waals surface area contributed by atoms with Crippen LogP contribution in [0.25, 0.3) is 0 Å². The number of Topliss-reactive ketones (excluding diaryl/α,β-unsaturated/α-hetero) is 1. The molecule has 0 aliphatic carbocycles.